The van der Waals surface area contributed by atoms with Gasteiger partial charge in [0.1, 0.15) is 6.10 Å². The lowest BCUT2D eigenvalue weighted by atomic mass is 9.75. The van der Waals surface area contributed by atoms with Crippen LogP contribution in [0.1, 0.15) is 40.0 Å². The van der Waals surface area contributed by atoms with Crippen molar-refractivity contribution in [1.82, 2.24) is 4.98 Å². The Labute approximate surface area is 118 Å². The van der Waals surface area contributed by atoms with E-state index in [2.05, 4.69) is 41.7 Å². The summed E-state index contributed by atoms with van der Waals surface area (Å²) in [5, 5.41) is 0. The van der Waals surface area contributed by atoms with Crippen LogP contribution in [0.5, 0.6) is 5.88 Å². The van der Waals surface area contributed by atoms with E-state index in [-0.39, 0.29) is 0 Å². The average molecular weight is 312 g/mol. The molecule has 0 radical (unpaired) electrons. The monoisotopic (exact) mass is 311 g/mol. The highest BCUT2D eigenvalue weighted by Gasteiger charge is 2.32. The molecule has 2 rings (SSSR count). The molecule has 1 aromatic rings. The zero-order valence-electron chi connectivity index (χ0n) is 11.4. The van der Waals surface area contributed by atoms with Gasteiger partial charge in [-0.1, -0.05) is 27.2 Å². The molecule has 1 saturated carbocycles. The minimum Gasteiger partial charge on any atom is -0.473 e. The molecule has 100 valence electrons. The van der Waals surface area contributed by atoms with Crippen molar-refractivity contribution in [2.75, 3.05) is 0 Å². The van der Waals surface area contributed by atoms with Crippen molar-refractivity contribution < 1.29 is 4.74 Å². The molecule has 0 aromatic carbocycles. The van der Waals surface area contributed by atoms with Gasteiger partial charge in [-0.2, -0.15) is 0 Å². The maximum Gasteiger partial charge on any atom is 0.228 e. The van der Waals surface area contributed by atoms with Crippen LogP contribution in [-0.4, -0.2) is 11.1 Å². The van der Waals surface area contributed by atoms with Crippen LogP contribution in [0.4, 0.5) is 0 Å². The van der Waals surface area contributed by atoms with Crippen molar-refractivity contribution in [3.63, 3.8) is 0 Å². The first-order valence-corrected chi connectivity index (χ1v) is 7.64. The highest BCUT2D eigenvalue weighted by Crippen LogP contribution is 2.36. The summed E-state index contributed by atoms with van der Waals surface area (Å²) in [4.78, 5) is 4.32. The zero-order chi connectivity index (χ0) is 13.1. The second-order valence-electron chi connectivity index (χ2n) is 5.77. The van der Waals surface area contributed by atoms with E-state index >= 15 is 0 Å². The summed E-state index contributed by atoms with van der Waals surface area (Å²) in [5.41, 5.74) is 0. The molecule has 1 aliphatic carbocycles. The van der Waals surface area contributed by atoms with E-state index < -0.39 is 0 Å². The number of rotatable bonds is 3. The summed E-state index contributed by atoms with van der Waals surface area (Å²) >= 11 is 3.51. The second kappa shape index (κ2) is 6.05. The third-order valence-electron chi connectivity index (χ3n) is 3.95. The fourth-order valence-electron chi connectivity index (χ4n) is 2.85. The molecule has 0 saturated heterocycles. The Morgan fingerprint density at radius 1 is 1.39 bits per heavy atom. The standard InChI is InChI=1S/C15H22BrNO/c1-10(2)12-7-6-11(3)9-14(12)18-15-13(16)5-4-8-17-15/h4-5,8,10-12,14H,6-7,9H2,1-3H3. The van der Waals surface area contributed by atoms with Gasteiger partial charge in [0.05, 0.1) is 4.47 Å². The molecule has 2 nitrogen and oxygen atoms in total. The van der Waals surface area contributed by atoms with E-state index in [1.807, 2.05) is 12.1 Å². The largest absolute Gasteiger partial charge is 0.473 e. The Balaban J connectivity index is 2.11. The molecular formula is C15H22BrNO. The molecule has 18 heavy (non-hydrogen) atoms. The van der Waals surface area contributed by atoms with Crippen molar-refractivity contribution >= 4 is 15.9 Å². The molecule has 1 aromatic heterocycles. The predicted octanol–water partition coefficient (Wildman–Crippen LogP) is 4.68. The van der Waals surface area contributed by atoms with Gasteiger partial charge in [0.25, 0.3) is 0 Å². The van der Waals surface area contributed by atoms with E-state index in [4.69, 9.17) is 4.74 Å². The number of hydrogen-bond donors (Lipinski definition) is 0. The van der Waals surface area contributed by atoms with E-state index in [0.29, 0.717) is 17.9 Å². The maximum absolute atomic E-state index is 6.17. The minimum absolute atomic E-state index is 0.306. The molecule has 0 bridgehead atoms. The van der Waals surface area contributed by atoms with E-state index in [9.17, 15) is 0 Å². The van der Waals surface area contributed by atoms with Gasteiger partial charge in [-0.05, 0) is 58.7 Å². The molecule has 0 N–H and O–H groups in total. The van der Waals surface area contributed by atoms with Gasteiger partial charge < -0.3 is 4.74 Å². The van der Waals surface area contributed by atoms with E-state index in [1.165, 1.54) is 12.8 Å². The van der Waals surface area contributed by atoms with Crippen molar-refractivity contribution in [3.05, 3.63) is 22.8 Å². The van der Waals surface area contributed by atoms with E-state index in [0.717, 1.165) is 22.7 Å². The van der Waals surface area contributed by atoms with Crippen LogP contribution in [-0.2, 0) is 0 Å². The summed E-state index contributed by atoms with van der Waals surface area (Å²) in [7, 11) is 0. The summed E-state index contributed by atoms with van der Waals surface area (Å²) in [5.74, 6) is 2.81. The molecule has 1 heterocycles. The number of aromatic nitrogens is 1. The van der Waals surface area contributed by atoms with Gasteiger partial charge in [0.2, 0.25) is 5.88 Å². The first-order valence-electron chi connectivity index (χ1n) is 6.85. The zero-order valence-corrected chi connectivity index (χ0v) is 13.0. The molecule has 3 atom stereocenters. The van der Waals surface area contributed by atoms with Gasteiger partial charge >= 0.3 is 0 Å². The Hall–Kier alpha value is -0.570. The molecule has 1 fully saturated rings. The molecule has 1 aliphatic rings. The Morgan fingerprint density at radius 2 is 2.17 bits per heavy atom. The van der Waals surface area contributed by atoms with Crippen LogP contribution < -0.4 is 4.74 Å². The van der Waals surface area contributed by atoms with Crippen molar-refractivity contribution in [3.8, 4) is 5.88 Å². The third-order valence-corrected chi connectivity index (χ3v) is 4.55. The Kier molecular flexibility index (Phi) is 4.66. The van der Waals surface area contributed by atoms with Crippen LogP contribution in [0.15, 0.2) is 22.8 Å². The minimum atomic E-state index is 0.306. The second-order valence-corrected chi connectivity index (χ2v) is 6.63. The number of nitrogens with zero attached hydrogens (tertiary/aromatic N) is 1. The fourth-order valence-corrected chi connectivity index (χ4v) is 3.20. The quantitative estimate of drug-likeness (QED) is 0.808. The Morgan fingerprint density at radius 3 is 2.83 bits per heavy atom. The van der Waals surface area contributed by atoms with Crippen LogP contribution in [0.25, 0.3) is 0 Å². The Bertz CT molecular complexity index is 394. The third kappa shape index (κ3) is 3.25. The molecule has 3 unspecified atom stereocenters. The van der Waals surface area contributed by atoms with Gasteiger partial charge in [-0.3, -0.25) is 0 Å². The van der Waals surface area contributed by atoms with E-state index in [1.54, 1.807) is 6.20 Å². The lowest BCUT2D eigenvalue weighted by molar-refractivity contribution is 0.0420. The summed E-state index contributed by atoms with van der Waals surface area (Å²) in [6.07, 6.45) is 5.84. The van der Waals surface area contributed by atoms with Crippen LogP contribution >= 0.6 is 15.9 Å². The first-order chi connectivity index (χ1) is 8.58. The topological polar surface area (TPSA) is 22.1 Å². The van der Waals surface area contributed by atoms with Crippen LogP contribution in [0.3, 0.4) is 0 Å². The van der Waals surface area contributed by atoms with Crippen molar-refractivity contribution in [1.29, 1.82) is 0 Å². The number of pyridine rings is 1. The van der Waals surface area contributed by atoms with Crippen molar-refractivity contribution in [2.45, 2.75) is 46.1 Å². The first kappa shape index (κ1) is 13.9. The number of hydrogen-bond acceptors (Lipinski definition) is 2. The van der Waals surface area contributed by atoms with Crippen molar-refractivity contribution in [2.24, 2.45) is 17.8 Å². The number of ether oxygens (including phenoxy) is 1. The maximum atomic E-state index is 6.17. The molecule has 0 amide bonds. The lowest BCUT2D eigenvalue weighted by Gasteiger charge is -2.37. The lowest BCUT2D eigenvalue weighted by Crippen LogP contribution is -2.36. The molecular weight excluding hydrogens is 290 g/mol. The summed E-state index contributed by atoms with van der Waals surface area (Å²) < 4.78 is 7.12. The van der Waals surface area contributed by atoms with Crippen LogP contribution in [0.2, 0.25) is 0 Å². The molecule has 0 spiro atoms. The highest BCUT2D eigenvalue weighted by molar-refractivity contribution is 9.10. The SMILES string of the molecule is CC1CCC(C(C)C)C(Oc2ncccc2Br)C1. The fraction of sp³-hybridized carbons (Fsp3) is 0.667. The number of halogens is 1. The van der Waals surface area contributed by atoms with Gasteiger partial charge in [0, 0.05) is 6.20 Å². The van der Waals surface area contributed by atoms with Gasteiger partial charge in [-0.25, -0.2) is 4.98 Å². The molecule has 0 aliphatic heterocycles. The highest BCUT2D eigenvalue weighted by atomic mass is 79.9. The predicted molar refractivity (Wildman–Crippen MR) is 77.7 cm³/mol. The van der Waals surface area contributed by atoms with Crippen LogP contribution in [0, 0.1) is 17.8 Å². The van der Waals surface area contributed by atoms with Gasteiger partial charge in [-0.15, -0.1) is 0 Å². The average Bonchev–Trinajstić information content (AvgIpc) is 2.32. The summed E-state index contributed by atoms with van der Waals surface area (Å²) in [6.45, 7) is 6.91. The molecule has 3 heteroatoms. The van der Waals surface area contributed by atoms with Gasteiger partial charge in [0.15, 0.2) is 0 Å². The normalized spacial score (nSPS) is 28.4. The summed E-state index contributed by atoms with van der Waals surface area (Å²) in [6, 6.07) is 3.90. The smallest absolute Gasteiger partial charge is 0.228 e.